The number of hydrogen-bond acceptors (Lipinski definition) is 2. The van der Waals surface area contributed by atoms with Gasteiger partial charge < -0.3 is 4.43 Å². The third kappa shape index (κ3) is 5.42. The number of benzene rings is 1. The molecule has 0 saturated heterocycles. The van der Waals surface area contributed by atoms with Gasteiger partial charge in [0.15, 0.2) is 14.1 Å². The Labute approximate surface area is 149 Å². The van der Waals surface area contributed by atoms with Gasteiger partial charge in [-0.2, -0.15) is 0 Å². The average molecular weight is 347 g/mol. The molecule has 134 valence electrons. The summed E-state index contributed by atoms with van der Waals surface area (Å²) in [5.41, 5.74) is 4.18. The first kappa shape index (κ1) is 20.9. The van der Waals surface area contributed by atoms with Crippen LogP contribution in [0.5, 0.6) is 0 Å². The molecule has 0 saturated carbocycles. The van der Waals surface area contributed by atoms with E-state index in [-0.39, 0.29) is 5.78 Å². The zero-order valence-corrected chi connectivity index (χ0v) is 17.4. The molecule has 0 aromatic heterocycles. The lowest BCUT2D eigenvalue weighted by atomic mass is 10.1. The first-order valence-corrected chi connectivity index (χ1v) is 11.3. The molecule has 0 atom stereocenters. The molecule has 1 aromatic rings. The average Bonchev–Trinajstić information content (AvgIpc) is 2.48. The maximum atomic E-state index is 11.1. The van der Waals surface area contributed by atoms with Gasteiger partial charge in [0, 0.05) is 6.61 Å². The molecule has 3 heteroatoms. The number of carbonyl (C=O) groups is 1. The van der Waals surface area contributed by atoms with Gasteiger partial charge in [-0.1, -0.05) is 71.9 Å². The fourth-order valence-corrected chi connectivity index (χ4v) is 9.37. The van der Waals surface area contributed by atoms with E-state index in [1.807, 2.05) is 18.2 Å². The van der Waals surface area contributed by atoms with E-state index in [1.165, 1.54) is 5.56 Å². The van der Waals surface area contributed by atoms with Crippen LogP contribution in [0.2, 0.25) is 16.6 Å². The molecule has 1 aromatic carbocycles. The van der Waals surface area contributed by atoms with E-state index in [9.17, 15) is 4.79 Å². The Morgan fingerprint density at radius 2 is 1.67 bits per heavy atom. The normalized spacial score (nSPS) is 12.8. The third-order valence-corrected chi connectivity index (χ3v) is 11.0. The van der Waals surface area contributed by atoms with E-state index < -0.39 is 8.32 Å². The van der Waals surface area contributed by atoms with Gasteiger partial charge in [0.1, 0.15) is 0 Å². The summed E-state index contributed by atoms with van der Waals surface area (Å²) in [7, 11) is -1.78. The second kappa shape index (κ2) is 9.33. The molecule has 0 aliphatic heterocycles. The highest BCUT2D eigenvalue weighted by Gasteiger charge is 2.44. The smallest absolute Gasteiger partial charge is 0.200 e. The summed E-state index contributed by atoms with van der Waals surface area (Å²) in [6, 6.07) is 8.36. The Morgan fingerprint density at radius 3 is 2.17 bits per heavy atom. The molecule has 1 rings (SSSR count). The van der Waals surface area contributed by atoms with Crippen LogP contribution >= 0.6 is 0 Å². The van der Waals surface area contributed by atoms with Crippen LogP contribution in [0.4, 0.5) is 0 Å². The van der Waals surface area contributed by atoms with E-state index >= 15 is 0 Å². The van der Waals surface area contributed by atoms with E-state index in [1.54, 1.807) is 13.0 Å². The van der Waals surface area contributed by atoms with Crippen LogP contribution in [0.25, 0.3) is 6.08 Å². The van der Waals surface area contributed by atoms with Crippen molar-refractivity contribution in [3.8, 4) is 0 Å². The summed E-state index contributed by atoms with van der Waals surface area (Å²) < 4.78 is 6.62. The van der Waals surface area contributed by atoms with Crippen molar-refractivity contribution in [2.75, 3.05) is 6.61 Å². The summed E-state index contributed by atoms with van der Waals surface area (Å²) in [4.78, 5) is 11.1. The van der Waals surface area contributed by atoms with Gasteiger partial charge in [-0.3, -0.25) is 4.79 Å². The number of allylic oxidation sites excluding steroid dienone is 1. The summed E-state index contributed by atoms with van der Waals surface area (Å²) in [5.74, 6) is 0.0744. The molecule has 0 unspecified atom stereocenters. The molecule has 2 nitrogen and oxygen atoms in total. The number of ketones is 1. The van der Waals surface area contributed by atoms with Gasteiger partial charge in [0.25, 0.3) is 0 Å². The molecule has 0 bridgehead atoms. The van der Waals surface area contributed by atoms with Crippen molar-refractivity contribution in [3.63, 3.8) is 0 Å². The van der Waals surface area contributed by atoms with Crippen molar-refractivity contribution in [2.45, 2.75) is 71.5 Å². The molecule has 0 N–H and O–H groups in total. The Balaban J connectivity index is 2.78. The Morgan fingerprint density at radius 1 is 1.08 bits per heavy atom. The number of carbonyl (C=O) groups excluding carboxylic acids is 1. The predicted octanol–water partition coefficient (Wildman–Crippen LogP) is 6.02. The topological polar surface area (TPSA) is 26.3 Å². The van der Waals surface area contributed by atoms with Crippen molar-refractivity contribution < 1.29 is 9.22 Å². The van der Waals surface area contributed by atoms with Crippen LogP contribution in [0.15, 0.2) is 30.3 Å². The predicted molar refractivity (Wildman–Crippen MR) is 107 cm³/mol. The van der Waals surface area contributed by atoms with Crippen molar-refractivity contribution in [1.82, 2.24) is 0 Å². The highest BCUT2D eigenvalue weighted by molar-refractivity contribution is 6.77. The monoisotopic (exact) mass is 346 g/mol. The molecule has 0 aliphatic rings. The van der Waals surface area contributed by atoms with Crippen LogP contribution in [0.3, 0.4) is 0 Å². The maximum Gasteiger partial charge on any atom is 0.200 e. The van der Waals surface area contributed by atoms with Gasteiger partial charge in [0.05, 0.1) is 0 Å². The van der Waals surface area contributed by atoms with Crippen molar-refractivity contribution in [3.05, 3.63) is 41.5 Å². The van der Waals surface area contributed by atoms with Crippen molar-refractivity contribution in [1.29, 1.82) is 0 Å². The van der Waals surface area contributed by atoms with Gasteiger partial charge in [0.2, 0.25) is 0 Å². The second-order valence-corrected chi connectivity index (χ2v) is 13.1. The molecule has 0 radical (unpaired) electrons. The highest BCUT2D eigenvalue weighted by Crippen LogP contribution is 2.42. The summed E-state index contributed by atoms with van der Waals surface area (Å²) in [6.45, 7) is 16.3. The molecular weight excluding hydrogens is 312 g/mol. The Bertz CT molecular complexity index is 537. The molecule has 24 heavy (non-hydrogen) atoms. The van der Waals surface area contributed by atoms with Gasteiger partial charge in [-0.05, 0) is 47.2 Å². The first-order chi connectivity index (χ1) is 11.2. The SMILES string of the molecule is CC(=O)C=Cc1cccc(CCO[Si](C(C)C)(C(C)C)C(C)C)c1. The Hall–Kier alpha value is -1.19. The minimum atomic E-state index is -1.78. The van der Waals surface area contributed by atoms with Gasteiger partial charge in [-0.25, -0.2) is 0 Å². The zero-order valence-electron chi connectivity index (χ0n) is 16.4. The number of rotatable bonds is 9. The number of hydrogen-bond donors (Lipinski definition) is 0. The second-order valence-electron chi connectivity index (χ2n) is 7.61. The maximum absolute atomic E-state index is 11.1. The summed E-state index contributed by atoms with van der Waals surface area (Å²) >= 11 is 0. The lowest BCUT2D eigenvalue weighted by Gasteiger charge is -2.42. The fraction of sp³-hybridized carbons (Fsp3) is 0.571. The molecule has 0 aliphatic carbocycles. The highest BCUT2D eigenvalue weighted by atomic mass is 28.4. The van der Waals surface area contributed by atoms with Crippen molar-refractivity contribution in [2.24, 2.45) is 0 Å². The van der Waals surface area contributed by atoms with Crippen LogP contribution in [-0.2, 0) is 15.6 Å². The van der Waals surface area contributed by atoms with Crippen LogP contribution in [0, 0.1) is 0 Å². The Kier molecular flexibility index (Phi) is 8.11. The fourth-order valence-electron chi connectivity index (χ4n) is 3.91. The quantitative estimate of drug-likeness (QED) is 0.403. The van der Waals surface area contributed by atoms with E-state index in [0.717, 1.165) is 18.6 Å². The molecule has 0 heterocycles. The van der Waals surface area contributed by atoms with E-state index in [2.05, 4.69) is 53.7 Å². The van der Waals surface area contributed by atoms with Gasteiger partial charge in [-0.15, -0.1) is 0 Å². The molecule has 0 amide bonds. The summed E-state index contributed by atoms with van der Waals surface area (Å²) in [6.07, 6.45) is 4.41. The van der Waals surface area contributed by atoms with Crippen LogP contribution in [-0.4, -0.2) is 20.7 Å². The largest absolute Gasteiger partial charge is 0.416 e. The summed E-state index contributed by atoms with van der Waals surface area (Å²) in [5, 5.41) is 0. The van der Waals surface area contributed by atoms with E-state index in [4.69, 9.17) is 4.43 Å². The first-order valence-electron chi connectivity index (χ1n) is 9.11. The minimum Gasteiger partial charge on any atom is -0.416 e. The van der Waals surface area contributed by atoms with Crippen LogP contribution in [0.1, 0.15) is 59.6 Å². The third-order valence-electron chi connectivity index (χ3n) is 4.91. The molecular formula is C21H34O2Si. The zero-order chi connectivity index (χ0) is 18.3. The van der Waals surface area contributed by atoms with E-state index in [0.29, 0.717) is 16.6 Å². The minimum absolute atomic E-state index is 0.0744. The van der Waals surface area contributed by atoms with Gasteiger partial charge >= 0.3 is 0 Å². The van der Waals surface area contributed by atoms with Crippen molar-refractivity contribution >= 4 is 20.2 Å². The molecule has 0 spiro atoms. The lowest BCUT2D eigenvalue weighted by Crippen LogP contribution is -2.48. The molecule has 0 fully saturated rings. The standard InChI is InChI=1S/C21H34O2Si/c1-16(2)24(17(3)4,18(5)6)23-14-13-21-10-8-9-20(15-21)12-11-19(7)22/h8-12,15-18H,13-14H2,1-7H3. The lowest BCUT2D eigenvalue weighted by molar-refractivity contribution is -0.112. The van der Waals surface area contributed by atoms with Crippen LogP contribution < -0.4 is 0 Å².